The van der Waals surface area contributed by atoms with Crippen molar-refractivity contribution >= 4 is 28.8 Å². The number of nitrogens with zero attached hydrogens (tertiary/aromatic N) is 4. The maximum Gasteiger partial charge on any atom is 0.270 e. The summed E-state index contributed by atoms with van der Waals surface area (Å²) in [6.45, 7) is 0.0762. The number of nitro benzene ring substituents is 1. The van der Waals surface area contributed by atoms with Gasteiger partial charge in [0.1, 0.15) is 6.54 Å². The highest BCUT2D eigenvalue weighted by Gasteiger charge is 2.06. The normalized spacial score (nSPS) is 11.0. The van der Waals surface area contributed by atoms with E-state index in [1.807, 2.05) is 24.3 Å². The highest BCUT2D eigenvalue weighted by Crippen LogP contribution is 2.12. The number of hydrogen-bond acceptors (Lipinski definition) is 5. The van der Waals surface area contributed by atoms with Crippen LogP contribution in [0.3, 0.4) is 0 Å². The lowest BCUT2D eigenvalue weighted by Crippen LogP contribution is -2.22. The van der Waals surface area contributed by atoms with Crippen molar-refractivity contribution in [1.29, 1.82) is 0 Å². The van der Waals surface area contributed by atoms with Gasteiger partial charge in [-0.15, -0.1) is 0 Å². The van der Waals surface area contributed by atoms with Gasteiger partial charge in [0.15, 0.2) is 0 Å². The number of fused-ring (bicyclic) bond motifs is 1. The molecule has 0 radical (unpaired) electrons. The van der Waals surface area contributed by atoms with Gasteiger partial charge in [-0.2, -0.15) is 5.10 Å². The van der Waals surface area contributed by atoms with Gasteiger partial charge < -0.3 is 4.57 Å². The van der Waals surface area contributed by atoms with E-state index in [9.17, 15) is 14.9 Å². The average molecular weight is 323 g/mol. The molecule has 0 saturated carbocycles. The van der Waals surface area contributed by atoms with Gasteiger partial charge in [0.05, 0.1) is 28.5 Å². The summed E-state index contributed by atoms with van der Waals surface area (Å²) >= 11 is 0. The van der Waals surface area contributed by atoms with E-state index in [0.29, 0.717) is 5.56 Å². The van der Waals surface area contributed by atoms with Crippen LogP contribution < -0.4 is 5.43 Å². The predicted octanol–water partition coefficient (Wildman–Crippen LogP) is 2.09. The fourth-order valence-corrected chi connectivity index (χ4v) is 2.22. The summed E-state index contributed by atoms with van der Waals surface area (Å²) in [7, 11) is 0. The molecular weight excluding hydrogens is 310 g/mol. The second-order valence-electron chi connectivity index (χ2n) is 5.01. The number of nitrogens with one attached hydrogen (secondary N) is 1. The molecule has 1 N–H and O–H groups in total. The smallest absolute Gasteiger partial charge is 0.270 e. The van der Waals surface area contributed by atoms with E-state index < -0.39 is 4.92 Å². The third-order valence-electron chi connectivity index (χ3n) is 3.33. The molecule has 1 aromatic heterocycles. The van der Waals surface area contributed by atoms with Gasteiger partial charge in [-0.05, 0) is 12.1 Å². The third kappa shape index (κ3) is 3.43. The van der Waals surface area contributed by atoms with Crippen LogP contribution in [0.4, 0.5) is 5.69 Å². The zero-order valence-corrected chi connectivity index (χ0v) is 12.5. The van der Waals surface area contributed by atoms with Crippen molar-refractivity contribution in [3.8, 4) is 0 Å². The summed E-state index contributed by atoms with van der Waals surface area (Å²) in [6.07, 6.45) is 2.95. The van der Waals surface area contributed by atoms with Crippen LogP contribution in [0.15, 0.2) is 60.0 Å². The van der Waals surface area contributed by atoms with Crippen molar-refractivity contribution < 1.29 is 9.72 Å². The molecule has 0 saturated heterocycles. The molecular formula is C16H13N5O3. The van der Waals surface area contributed by atoms with E-state index in [4.69, 9.17) is 0 Å². The largest absolute Gasteiger partial charge is 0.321 e. The van der Waals surface area contributed by atoms with Crippen LogP contribution in [0.2, 0.25) is 0 Å². The Kier molecular flexibility index (Phi) is 4.28. The van der Waals surface area contributed by atoms with Crippen LogP contribution in [0.5, 0.6) is 0 Å². The number of hydrogen-bond donors (Lipinski definition) is 1. The van der Waals surface area contributed by atoms with Gasteiger partial charge in [0.2, 0.25) is 0 Å². The zero-order valence-electron chi connectivity index (χ0n) is 12.5. The van der Waals surface area contributed by atoms with Crippen molar-refractivity contribution in [3.63, 3.8) is 0 Å². The van der Waals surface area contributed by atoms with E-state index in [1.54, 1.807) is 23.0 Å². The van der Waals surface area contributed by atoms with Crippen LogP contribution in [-0.4, -0.2) is 26.6 Å². The first-order chi connectivity index (χ1) is 11.6. The Labute approximate surface area is 136 Å². The first-order valence-corrected chi connectivity index (χ1v) is 7.10. The number of para-hydroxylation sites is 2. The Morgan fingerprint density at radius 2 is 2.12 bits per heavy atom. The topological polar surface area (TPSA) is 102 Å². The van der Waals surface area contributed by atoms with Crippen LogP contribution in [0.1, 0.15) is 5.56 Å². The van der Waals surface area contributed by atoms with Crippen LogP contribution in [0, 0.1) is 10.1 Å². The lowest BCUT2D eigenvalue weighted by Gasteiger charge is -2.02. The maximum absolute atomic E-state index is 11.9. The molecule has 24 heavy (non-hydrogen) atoms. The van der Waals surface area contributed by atoms with E-state index in [-0.39, 0.29) is 18.1 Å². The van der Waals surface area contributed by atoms with Gasteiger partial charge >= 0.3 is 0 Å². The number of hydrazone groups is 1. The summed E-state index contributed by atoms with van der Waals surface area (Å²) in [4.78, 5) is 26.4. The Morgan fingerprint density at radius 1 is 1.29 bits per heavy atom. The van der Waals surface area contributed by atoms with E-state index in [0.717, 1.165) is 11.0 Å². The molecule has 2 aromatic carbocycles. The highest BCUT2D eigenvalue weighted by molar-refractivity contribution is 5.84. The minimum absolute atomic E-state index is 0.0323. The fourth-order valence-electron chi connectivity index (χ4n) is 2.22. The Bertz CT molecular complexity index is 932. The average Bonchev–Trinajstić information content (AvgIpc) is 2.98. The molecule has 3 aromatic rings. The second kappa shape index (κ2) is 6.69. The zero-order chi connectivity index (χ0) is 16.9. The molecule has 8 nitrogen and oxygen atoms in total. The van der Waals surface area contributed by atoms with Gasteiger partial charge in [0, 0.05) is 17.7 Å². The van der Waals surface area contributed by atoms with E-state index in [2.05, 4.69) is 15.5 Å². The third-order valence-corrected chi connectivity index (χ3v) is 3.33. The van der Waals surface area contributed by atoms with Crippen molar-refractivity contribution in [2.45, 2.75) is 6.54 Å². The Hall–Kier alpha value is -3.55. The Balaban J connectivity index is 1.63. The molecule has 0 aliphatic rings. The standard InChI is InChI=1S/C16H13N5O3/c22-16(10-20-11-17-14-6-1-2-7-15(14)20)19-18-9-12-4-3-5-13(8-12)21(23)24/h1-9,11H,10H2,(H,19,22)/b18-9-. The maximum atomic E-state index is 11.9. The molecule has 8 heteroatoms. The minimum Gasteiger partial charge on any atom is -0.321 e. The monoisotopic (exact) mass is 323 g/mol. The number of nitro groups is 1. The molecule has 1 heterocycles. The molecule has 0 spiro atoms. The summed E-state index contributed by atoms with van der Waals surface area (Å²) in [6, 6.07) is 13.5. The fraction of sp³-hybridized carbons (Fsp3) is 0.0625. The Morgan fingerprint density at radius 3 is 2.96 bits per heavy atom. The number of rotatable bonds is 5. The number of amides is 1. The number of carbonyl (C=O) groups excluding carboxylic acids is 1. The van der Waals surface area contributed by atoms with Crippen molar-refractivity contribution in [2.75, 3.05) is 0 Å². The van der Waals surface area contributed by atoms with Crippen molar-refractivity contribution in [1.82, 2.24) is 15.0 Å². The molecule has 0 unspecified atom stereocenters. The quantitative estimate of drug-likeness (QED) is 0.441. The van der Waals surface area contributed by atoms with Gasteiger partial charge in [-0.25, -0.2) is 10.4 Å². The van der Waals surface area contributed by atoms with Gasteiger partial charge in [0.25, 0.3) is 11.6 Å². The molecule has 1 amide bonds. The predicted molar refractivity (Wildman–Crippen MR) is 88.6 cm³/mol. The first-order valence-electron chi connectivity index (χ1n) is 7.10. The molecule has 3 rings (SSSR count). The summed E-state index contributed by atoms with van der Waals surface area (Å²) in [5.74, 6) is -0.320. The molecule has 0 aliphatic heterocycles. The highest BCUT2D eigenvalue weighted by atomic mass is 16.6. The number of benzene rings is 2. The number of carbonyl (C=O) groups is 1. The molecule has 0 fully saturated rings. The van der Waals surface area contributed by atoms with Crippen LogP contribution in [0.25, 0.3) is 11.0 Å². The van der Waals surface area contributed by atoms with E-state index in [1.165, 1.54) is 18.3 Å². The summed E-state index contributed by atoms with van der Waals surface area (Å²) < 4.78 is 1.72. The first kappa shape index (κ1) is 15.3. The van der Waals surface area contributed by atoms with E-state index >= 15 is 0 Å². The minimum atomic E-state index is -0.486. The lowest BCUT2D eigenvalue weighted by atomic mass is 10.2. The second-order valence-corrected chi connectivity index (χ2v) is 5.01. The SMILES string of the molecule is O=C(Cn1cnc2ccccc21)N/N=C\c1cccc([N+](=O)[O-])c1. The number of imidazole rings is 1. The van der Waals surface area contributed by atoms with Crippen molar-refractivity contribution in [2.24, 2.45) is 5.10 Å². The van der Waals surface area contributed by atoms with Crippen LogP contribution >= 0.6 is 0 Å². The summed E-state index contributed by atoms with van der Waals surface area (Å²) in [5, 5.41) is 14.5. The molecule has 0 aliphatic carbocycles. The summed E-state index contributed by atoms with van der Waals surface area (Å²) in [5.41, 5.74) is 4.56. The van der Waals surface area contributed by atoms with Gasteiger partial charge in [-0.3, -0.25) is 14.9 Å². The molecule has 120 valence electrons. The molecule has 0 bridgehead atoms. The number of non-ortho nitro benzene ring substituents is 1. The number of aromatic nitrogens is 2. The van der Waals surface area contributed by atoms with Gasteiger partial charge in [-0.1, -0.05) is 24.3 Å². The molecule has 0 atom stereocenters. The lowest BCUT2D eigenvalue weighted by molar-refractivity contribution is -0.384. The van der Waals surface area contributed by atoms with Crippen molar-refractivity contribution in [3.05, 3.63) is 70.5 Å². The van der Waals surface area contributed by atoms with Crippen LogP contribution in [-0.2, 0) is 11.3 Å².